The molecule has 0 unspecified atom stereocenters. The summed E-state index contributed by atoms with van der Waals surface area (Å²) in [6.07, 6.45) is -4.56. The number of benzene rings is 8. The van der Waals surface area contributed by atoms with E-state index in [-0.39, 0.29) is 0 Å². The maximum absolute atomic E-state index is 14.5. The molecule has 0 aliphatic rings. The zero-order valence-corrected chi connectivity index (χ0v) is 31.9. The number of halogens is 3. The summed E-state index contributed by atoms with van der Waals surface area (Å²) in [4.78, 5) is 0. The molecule has 0 saturated heterocycles. The highest BCUT2D eigenvalue weighted by atomic mass is 32.1. The molecular weight excluding hydrogens is 764 g/mol. The van der Waals surface area contributed by atoms with E-state index in [4.69, 9.17) is 0 Å². The lowest BCUT2D eigenvalue weighted by molar-refractivity contribution is -0.137. The number of rotatable bonds is 3. The Kier molecular flexibility index (Phi) is 6.90. The molecule has 0 aliphatic carbocycles. The SMILES string of the molecule is N#Cc1cc(-n2c3ccccc3c3ccc4sc5ccccc5c4c32)c(-c2cccc(C(F)(F)F)c2)cc1-n1c2ccccc2c2ccc3sc4ccccc4c3c21. The Morgan fingerprint density at radius 3 is 1.53 bits per heavy atom. The van der Waals surface area contributed by atoms with Crippen LogP contribution in [0.5, 0.6) is 0 Å². The Morgan fingerprint density at radius 1 is 0.466 bits per heavy atom. The van der Waals surface area contributed by atoms with Gasteiger partial charge in [-0.25, -0.2) is 0 Å². The number of para-hydroxylation sites is 2. The highest BCUT2D eigenvalue weighted by Crippen LogP contribution is 2.47. The molecular formula is C50H26F3N3S2. The van der Waals surface area contributed by atoms with Crippen molar-refractivity contribution in [3.63, 3.8) is 0 Å². The molecule has 8 aromatic carbocycles. The van der Waals surface area contributed by atoms with Crippen molar-refractivity contribution in [1.82, 2.24) is 9.13 Å². The van der Waals surface area contributed by atoms with Crippen LogP contribution in [0.25, 0.3) is 106 Å². The average Bonchev–Trinajstić information content (AvgIpc) is 4.00. The molecule has 0 aliphatic heterocycles. The van der Waals surface area contributed by atoms with Crippen LogP contribution in [-0.4, -0.2) is 9.13 Å². The second-order valence-corrected chi connectivity index (χ2v) is 16.8. The summed E-state index contributed by atoms with van der Waals surface area (Å²) in [5, 5.41) is 19.7. The van der Waals surface area contributed by atoms with Crippen molar-refractivity contribution in [3.05, 3.63) is 169 Å². The fourth-order valence-electron chi connectivity index (χ4n) is 9.16. The zero-order valence-electron chi connectivity index (χ0n) is 30.3. The first-order valence-electron chi connectivity index (χ1n) is 18.8. The molecule has 0 amide bonds. The second kappa shape index (κ2) is 12.0. The van der Waals surface area contributed by atoms with Crippen LogP contribution in [0.3, 0.4) is 0 Å². The number of nitriles is 1. The number of hydrogen-bond acceptors (Lipinski definition) is 3. The van der Waals surface area contributed by atoms with Crippen molar-refractivity contribution in [1.29, 1.82) is 5.26 Å². The van der Waals surface area contributed by atoms with Gasteiger partial charge in [0.25, 0.3) is 0 Å². The van der Waals surface area contributed by atoms with E-state index in [1.807, 2.05) is 60.7 Å². The number of aromatic nitrogens is 2. The molecule has 0 fully saturated rings. The van der Waals surface area contributed by atoms with Crippen LogP contribution in [-0.2, 0) is 6.18 Å². The van der Waals surface area contributed by atoms with Gasteiger partial charge >= 0.3 is 6.18 Å². The van der Waals surface area contributed by atoms with Gasteiger partial charge in [0, 0.05) is 67.5 Å². The van der Waals surface area contributed by atoms with Gasteiger partial charge < -0.3 is 9.13 Å². The van der Waals surface area contributed by atoms with Crippen molar-refractivity contribution in [2.24, 2.45) is 0 Å². The highest BCUT2D eigenvalue weighted by molar-refractivity contribution is 7.26. The first-order valence-corrected chi connectivity index (χ1v) is 20.4. The average molecular weight is 790 g/mol. The Labute approximate surface area is 336 Å². The molecule has 12 rings (SSSR count). The molecule has 274 valence electrons. The minimum absolute atomic E-state index is 0.399. The van der Waals surface area contributed by atoms with E-state index in [0.717, 1.165) is 90.0 Å². The lowest BCUT2D eigenvalue weighted by Gasteiger charge is -2.20. The fraction of sp³-hybridized carbons (Fsp3) is 0.0200. The fourth-order valence-corrected chi connectivity index (χ4v) is 11.4. The highest BCUT2D eigenvalue weighted by Gasteiger charge is 2.31. The third kappa shape index (κ3) is 4.60. The Morgan fingerprint density at radius 2 is 0.983 bits per heavy atom. The van der Waals surface area contributed by atoms with Crippen LogP contribution in [0.1, 0.15) is 11.1 Å². The summed E-state index contributed by atoms with van der Waals surface area (Å²) < 4.78 is 52.4. The maximum Gasteiger partial charge on any atom is 0.416 e. The molecule has 0 saturated carbocycles. The van der Waals surface area contributed by atoms with E-state index in [9.17, 15) is 18.4 Å². The molecule has 12 aromatic rings. The third-order valence-corrected chi connectivity index (χ3v) is 13.8. The van der Waals surface area contributed by atoms with Gasteiger partial charge in [-0.1, -0.05) is 97.1 Å². The number of hydrogen-bond donors (Lipinski definition) is 0. The molecule has 8 heteroatoms. The topological polar surface area (TPSA) is 33.6 Å². The first-order chi connectivity index (χ1) is 28.4. The van der Waals surface area contributed by atoms with Crippen LogP contribution in [0.2, 0.25) is 0 Å². The van der Waals surface area contributed by atoms with E-state index in [0.29, 0.717) is 28.1 Å². The minimum Gasteiger partial charge on any atom is -0.308 e. The molecule has 4 heterocycles. The van der Waals surface area contributed by atoms with E-state index >= 15 is 0 Å². The van der Waals surface area contributed by atoms with Gasteiger partial charge in [-0.05, 0) is 66.2 Å². The van der Waals surface area contributed by atoms with E-state index < -0.39 is 11.7 Å². The summed E-state index contributed by atoms with van der Waals surface area (Å²) >= 11 is 3.44. The van der Waals surface area contributed by atoms with Gasteiger partial charge in [0.15, 0.2) is 0 Å². The molecule has 0 radical (unpaired) electrons. The minimum atomic E-state index is -4.56. The summed E-state index contributed by atoms with van der Waals surface area (Å²) in [6.45, 7) is 0. The molecule has 0 N–H and O–H groups in total. The van der Waals surface area contributed by atoms with Gasteiger partial charge in [0.2, 0.25) is 0 Å². The van der Waals surface area contributed by atoms with Gasteiger partial charge in [0.05, 0.1) is 44.6 Å². The number of nitrogens with zero attached hydrogens (tertiary/aromatic N) is 3. The molecule has 4 aromatic heterocycles. The van der Waals surface area contributed by atoms with E-state index in [1.54, 1.807) is 28.7 Å². The summed E-state index contributed by atoms with van der Waals surface area (Å²) in [5.41, 5.74) is 5.57. The summed E-state index contributed by atoms with van der Waals surface area (Å²) in [7, 11) is 0. The van der Waals surface area contributed by atoms with Crippen molar-refractivity contribution in [2.45, 2.75) is 6.18 Å². The summed E-state index contributed by atoms with van der Waals surface area (Å²) in [6, 6.07) is 53.5. The third-order valence-electron chi connectivity index (χ3n) is 11.6. The Hall–Kier alpha value is -6.92. The number of thiophene rings is 2. The molecule has 0 bridgehead atoms. The normalized spacial score (nSPS) is 12.4. The molecule has 0 atom stereocenters. The lowest BCUT2D eigenvalue weighted by Crippen LogP contribution is -2.06. The molecule has 58 heavy (non-hydrogen) atoms. The van der Waals surface area contributed by atoms with Crippen molar-refractivity contribution in [3.8, 4) is 28.6 Å². The largest absolute Gasteiger partial charge is 0.416 e. The Balaban J connectivity index is 1.28. The standard InChI is InChI=1S/C50H26F3N3S2/c51-50(52,53)30-11-9-10-28(24-30)37-26-40(55-38-16-5-1-12-31(38)33-20-22-44-46(48(33)55)35-14-3-7-18-42(35)57-44)29(27-54)25-41(37)56-39-17-6-2-13-32(39)34-21-23-45-47(49(34)56)36-15-4-8-19-43(36)58-45/h1-26H. The van der Waals surface area contributed by atoms with Crippen LogP contribution in [0, 0.1) is 11.3 Å². The quantitative estimate of drug-likeness (QED) is 0.175. The van der Waals surface area contributed by atoms with E-state index in [1.165, 1.54) is 12.1 Å². The monoisotopic (exact) mass is 789 g/mol. The number of alkyl halides is 3. The van der Waals surface area contributed by atoms with Gasteiger partial charge in [-0.2, -0.15) is 18.4 Å². The predicted octanol–water partition coefficient (Wildman–Crippen LogP) is 15.2. The van der Waals surface area contributed by atoms with Crippen molar-refractivity contribution in [2.75, 3.05) is 0 Å². The van der Waals surface area contributed by atoms with Crippen LogP contribution >= 0.6 is 22.7 Å². The van der Waals surface area contributed by atoms with Gasteiger partial charge in [-0.3, -0.25) is 0 Å². The zero-order chi connectivity index (χ0) is 38.9. The first kappa shape index (κ1) is 33.2. The van der Waals surface area contributed by atoms with Crippen LogP contribution in [0.15, 0.2) is 158 Å². The van der Waals surface area contributed by atoms with Crippen molar-refractivity contribution >= 4 is 107 Å². The van der Waals surface area contributed by atoms with E-state index in [2.05, 4.69) is 88.0 Å². The Bertz CT molecular complexity index is 3760. The smallest absolute Gasteiger partial charge is 0.308 e. The van der Waals surface area contributed by atoms with Crippen molar-refractivity contribution < 1.29 is 13.2 Å². The van der Waals surface area contributed by atoms with Gasteiger partial charge in [-0.15, -0.1) is 22.7 Å². The summed E-state index contributed by atoms with van der Waals surface area (Å²) in [5.74, 6) is 0. The van der Waals surface area contributed by atoms with Crippen LogP contribution in [0.4, 0.5) is 13.2 Å². The molecule has 0 spiro atoms. The molecule has 3 nitrogen and oxygen atoms in total. The van der Waals surface area contributed by atoms with Crippen LogP contribution < -0.4 is 0 Å². The lowest BCUT2D eigenvalue weighted by atomic mass is 9.97. The van der Waals surface area contributed by atoms with Gasteiger partial charge in [0.1, 0.15) is 6.07 Å². The predicted molar refractivity (Wildman–Crippen MR) is 236 cm³/mol. The maximum atomic E-state index is 14.5. The number of fused-ring (bicyclic) bond motifs is 14. The second-order valence-electron chi connectivity index (χ2n) is 14.6.